The lowest BCUT2D eigenvalue weighted by molar-refractivity contribution is 0.105. The third-order valence-corrected chi connectivity index (χ3v) is 3.72. The molecule has 2 N–H and O–H groups in total. The average Bonchev–Trinajstić information content (AvgIpc) is 3.21. The van der Waals surface area contributed by atoms with E-state index in [1.807, 2.05) is 36.4 Å². The summed E-state index contributed by atoms with van der Waals surface area (Å²) in [6.07, 6.45) is 2.53. The lowest BCUT2D eigenvalue weighted by Gasteiger charge is -2.13. The summed E-state index contributed by atoms with van der Waals surface area (Å²) < 4.78 is 21.4. The Bertz CT molecular complexity index is 665. The van der Waals surface area contributed by atoms with Gasteiger partial charge >= 0.3 is 0 Å². The second kappa shape index (κ2) is 15.2. The van der Waals surface area contributed by atoms with Crippen LogP contribution in [-0.2, 0) is 22.6 Å². The molecule has 8 heteroatoms. The molecule has 0 radical (unpaired) electrons. The van der Waals surface area contributed by atoms with Crippen LogP contribution < -0.4 is 15.4 Å². The van der Waals surface area contributed by atoms with Crippen LogP contribution in [0, 0.1) is 0 Å². The number of hydrogen-bond acceptors (Lipinski definition) is 5. The number of nitrogens with one attached hydrogen (secondary N) is 2. The zero-order chi connectivity index (χ0) is 19.2. The predicted molar refractivity (Wildman–Crippen MR) is 120 cm³/mol. The van der Waals surface area contributed by atoms with Gasteiger partial charge in [-0.1, -0.05) is 12.1 Å². The van der Waals surface area contributed by atoms with Crippen molar-refractivity contribution in [1.82, 2.24) is 10.6 Å². The van der Waals surface area contributed by atoms with Crippen molar-refractivity contribution in [1.29, 1.82) is 0 Å². The normalized spacial score (nSPS) is 11.0. The van der Waals surface area contributed by atoms with E-state index in [0.29, 0.717) is 33.0 Å². The van der Waals surface area contributed by atoms with Crippen LogP contribution in [0.3, 0.4) is 0 Å². The smallest absolute Gasteiger partial charge is 0.191 e. The summed E-state index contributed by atoms with van der Waals surface area (Å²) in [7, 11) is 3.42. The van der Waals surface area contributed by atoms with Gasteiger partial charge in [-0.15, -0.1) is 24.0 Å². The molecule has 2 rings (SSSR count). The Morgan fingerprint density at radius 1 is 1.11 bits per heavy atom. The Morgan fingerprint density at radius 3 is 2.75 bits per heavy atom. The minimum absolute atomic E-state index is 0. The van der Waals surface area contributed by atoms with Crippen molar-refractivity contribution in [3.63, 3.8) is 0 Å². The molecule has 2 aromatic rings. The number of benzene rings is 1. The van der Waals surface area contributed by atoms with Gasteiger partial charge in [0.2, 0.25) is 0 Å². The van der Waals surface area contributed by atoms with Gasteiger partial charge in [-0.3, -0.25) is 4.99 Å². The van der Waals surface area contributed by atoms with E-state index in [1.54, 1.807) is 20.4 Å². The van der Waals surface area contributed by atoms with Crippen molar-refractivity contribution in [3.05, 3.63) is 54.0 Å². The fourth-order valence-corrected chi connectivity index (χ4v) is 2.34. The summed E-state index contributed by atoms with van der Waals surface area (Å²) in [6.45, 7) is 3.71. The molecule has 1 heterocycles. The third kappa shape index (κ3) is 9.95. The minimum atomic E-state index is 0. The van der Waals surface area contributed by atoms with Gasteiger partial charge in [-0.2, -0.15) is 0 Å². The maximum absolute atomic E-state index is 5.63. The molecule has 0 saturated heterocycles. The maximum atomic E-state index is 5.63. The molecule has 0 spiro atoms. The fourth-order valence-electron chi connectivity index (χ4n) is 2.34. The number of nitrogens with zero attached hydrogens (tertiary/aromatic N) is 1. The molecule has 156 valence electrons. The summed E-state index contributed by atoms with van der Waals surface area (Å²) in [5.41, 5.74) is 1.12. The Balaban J connectivity index is 0.00000392. The molecule has 0 aliphatic heterocycles. The van der Waals surface area contributed by atoms with Gasteiger partial charge in [0, 0.05) is 33.9 Å². The third-order valence-electron chi connectivity index (χ3n) is 3.72. The first-order valence-corrected chi connectivity index (χ1v) is 9.07. The van der Waals surface area contributed by atoms with Gasteiger partial charge in [0.25, 0.3) is 0 Å². The molecule has 1 aromatic carbocycles. The van der Waals surface area contributed by atoms with E-state index in [1.165, 1.54) is 0 Å². The molecule has 0 atom stereocenters. The molecular formula is C20H30IN3O4. The molecule has 0 bridgehead atoms. The Kier molecular flexibility index (Phi) is 13.2. The maximum Gasteiger partial charge on any atom is 0.191 e. The van der Waals surface area contributed by atoms with Crippen molar-refractivity contribution >= 4 is 29.9 Å². The van der Waals surface area contributed by atoms with Gasteiger partial charge in [-0.05, 0) is 36.2 Å². The van der Waals surface area contributed by atoms with Crippen molar-refractivity contribution in [2.45, 2.75) is 19.6 Å². The van der Waals surface area contributed by atoms with Crippen LogP contribution in [0.15, 0.2) is 52.1 Å². The first-order chi connectivity index (χ1) is 13.3. The number of guanidine groups is 1. The first-order valence-electron chi connectivity index (χ1n) is 9.07. The van der Waals surface area contributed by atoms with Gasteiger partial charge in [0.15, 0.2) is 5.96 Å². The van der Waals surface area contributed by atoms with E-state index in [0.717, 1.165) is 36.0 Å². The molecular weight excluding hydrogens is 473 g/mol. The summed E-state index contributed by atoms with van der Waals surface area (Å²) in [6, 6.07) is 11.7. The molecule has 0 saturated carbocycles. The largest absolute Gasteiger partial charge is 0.491 e. The summed E-state index contributed by atoms with van der Waals surface area (Å²) in [5.74, 6) is 2.43. The molecule has 0 amide bonds. The number of aliphatic imine (C=N–C) groups is 1. The van der Waals surface area contributed by atoms with Crippen LogP contribution in [0.25, 0.3) is 0 Å². The number of hydrogen-bond donors (Lipinski definition) is 2. The van der Waals surface area contributed by atoms with Crippen LogP contribution in [0.1, 0.15) is 17.7 Å². The minimum Gasteiger partial charge on any atom is -0.491 e. The highest BCUT2D eigenvalue weighted by Gasteiger charge is 2.01. The van der Waals surface area contributed by atoms with Gasteiger partial charge in [0.05, 0.1) is 12.9 Å². The van der Waals surface area contributed by atoms with Crippen molar-refractivity contribution < 1.29 is 18.6 Å². The fraction of sp³-hybridized carbons (Fsp3) is 0.450. The van der Waals surface area contributed by atoms with Crippen LogP contribution >= 0.6 is 24.0 Å². The second-order valence-corrected chi connectivity index (χ2v) is 5.83. The number of rotatable bonds is 12. The van der Waals surface area contributed by atoms with Crippen molar-refractivity contribution in [2.75, 3.05) is 40.5 Å². The predicted octanol–water partition coefficient (Wildman–Crippen LogP) is 3.19. The lowest BCUT2D eigenvalue weighted by Crippen LogP contribution is -2.37. The van der Waals surface area contributed by atoms with Gasteiger partial charge < -0.3 is 29.3 Å². The van der Waals surface area contributed by atoms with Gasteiger partial charge in [-0.25, -0.2) is 0 Å². The topological polar surface area (TPSA) is 77.3 Å². The lowest BCUT2D eigenvalue weighted by atomic mass is 10.2. The SMILES string of the molecule is CN=C(NCCCOCc1ccco1)NCc1cccc(OCCOC)c1.I. The molecule has 0 unspecified atom stereocenters. The number of methoxy groups -OCH3 is 1. The molecule has 1 aromatic heterocycles. The van der Waals surface area contributed by atoms with E-state index in [-0.39, 0.29) is 24.0 Å². The standard InChI is InChI=1S/C20H29N3O4.HI/c1-21-20(22-9-5-10-25-16-19-8-4-11-26-19)23-15-17-6-3-7-18(14-17)27-13-12-24-2;/h3-4,6-8,11,14H,5,9-10,12-13,15-16H2,1-2H3,(H2,21,22,23);1H. The van der Waals surface area contributed by atoms with Gasteiger partial charge in [0.1, 0.15) is 24.7 Å². The molecule has 28 heavy (non-hydrogen) atoms. The van der Waals surface area contributed by atoms with Crippen molar-refractivity contribution in [2.24, 2.45) is 4.99 Å². The summed E-state index contributed by atoms with van der Waals surface area (Å²) >= 11 is 0. The molecule has 7 nitrogen and oxygen atoms in total. The molecule has 0 aliphatic carbocycles. The monoisotopic (exact) mass is 503 g/mol. The van der Waals surface area contributed by atoms with Crippen molar-refractivity contribution in [3.8, 4) is 5.75 Å². The molecule has 0 aliphatic rings. The quantitative estimate of drug-likeness (QED) is 0.201. The first kappa shape index (κ1) is 24.3. The molecule has 0 fully saturated rings. The van der Waals surface area contributed by atoms with Crippen LogP contribution in [0.2, 0.25) is 0 Å². The summed E-state index contributed by atoms with van der Waals surface area (Å²) in [4.78, 5) is 4.24. The highest BCUT2D eigenvalue weighted by molar-refractivity contribution is 14.0. The Morgan fingerprint density at radius 2 is 2.00 bits per heavy atom. The van der Waals surface area contributed by atoms with Crippen LogP contribution in [-0.4, -0.2) is 46.5 Å². The second-order valence-electron chi connectivity index (χ2n) is 5.83. The highest BCUT2D eigenvalue weighted by atomic mass is 127. The zero-order valence-corrected chi connectivity index (χ0v) is 18.8. The van der Waals surface area contributed by atoms with E-state index < -0.39 is 0 Å². The number of halogens is 1. The average molecular weight is 503 g/mol. The highest BCUT2D eigenvalue weighted by Crippen LogP contribution is 2.13. The van der Waals surface area contributed by atoms with E-state index in [4.69, 9.17) is 18.6 Å². The number of ether oxygens (including phenoxy) is 3. The van der Waals surface area contributed by atoms with E-state index in [2.05, 4.69) is 15.6 Å². The van der Waals surface area contributed by atoms with E-state index >= 15 is 0 Å². The van der Waals surface area contributed by atoms with Crippen LogP contribution in [0.4, 0.5) is 0 Å². The van der Waals surface area contributed by atoms with E-state index in [9.17, 15) is 0 Å². The van der Waals surface area contributed by atoms with Crippen LogP contribution in [0.5, 0.6) is 5.75 Å². The Labute approximate surface area is 183 Å². The zero-order valence-electron chi connectivity index (χ0n) is 16.5. The number of furan rings is 1. The Hall–Kier alpha value is -1.78. The summed E-state index contributed by atoms with van der Waals surface area (Å²) in [5, 5.41) is 6.57.